The number of rotatable bonds is 18. The van der Waals surface area contributed by atoms with Crippen LogP contribution in [0.2, 0.25) is 0 Å². The number of halogens is 1. The van der Waals surface area contributed by atoms with Gasteiger partial charge in [-0.1, -0.05) is 107 Å². The Hall–Kier alpha value is -2.73. The topological polar surface area (TPSA) is 42.2 Å². The van der Waals surface area contributed by atoms with Crippen molar-refractivity contribution >= 4 is 22.9 Å². The van der Waals surface area contributed by atoms with Crippen LogP contribution in [0.3, 0.4) is 0 Å². The molecule has 0 aliphatic rings. The van der Waals surface area contributed by atoms with Crippen molar-refractivity contribution in [1.82, 2.24) is 0 Å². The van der Waals surface area contributed by atoms with Crippen LogP contribution in [0.4, 0.5) is 10.1 Å². The number of carbonyl (C=O) groups is 1. The Morgan fingerprint density at radius 3 is 2.24 bits per heavy atom. The van der Waals surface area contributed by atoms with Crippen molar-refractivity contribution in [3.8, 4) is 5.75 Å². The van der Waals surface area contributed by atoms with Crippen molar-refractivity contribution in [3.63, 3.8) is 0 Å². The third-order valence-corrected chi connectivity index (χ3v) is 7.72. The lowest BCUT2D eigenvalue weighted by atomic mass is 10.1. The Balaban J connectivity index is 1.41. The number of amides is 1. The van der Waals surface area contributed by atoms with E-state index in [1.54, 1.807) is 29.5 Å². The molecule has 2 aromatic carbocycles. The Bertz CT molecular complexity index is 1110. The van der Waals surface area contributed by atoms with Crippen molar-refractivity contribution < 1.29 is 18.5 Å². The molecule has 206 valence electrons. The van der Waals surface area contributed by atoms with Crippen molar-refractivity contribution in [2.24, 2.45) is 0 Å². The molecule has 0 unspecified atom stereocenters. The van der Waals surface area contributed by atoms with Gasteiger partial charge in [0, 0.05) is 18.1 Å². The lowest BCUT2D eigenvalue weighted by molar-refractivity contribution is -0.689. The second-order valence-electron chi connectivity index (χ2n) is 10.1. The van der Waals surface area contributed by atoms with Crippen LogP contribution in [-0.4, -0.2) is 12.5 Å². The number of para-hydroxylation sites is 1. The molecule has 3 rings (SSSR count). The molecule has 4 nitrogen and oxygen atoms in total. The van der Waals surface area contributed by atoms with Gasteiger partial charge >= 0.3 is 0 Å². The first-order valence-corrected chi connectivity index (χ1v) is 15.2. The summed E-state index contributed by atoms with van der Waals surface area (Å²) >= 11 is 1.69. The van der Waals surface area contributed by atoms with E-state index in [2.05, 4.69) is 29.1 Å². The number of aryl methyl sites for hydroxylation is 1. The van der Waals surface area contributed by atoms with Crippen molar-refractivity contribution in [1.29, 1.82) is 0 Å². The van der Waals surface area contributed by atoms with E-state index in [0.717, 1.165) is 18.4 Å². The minimum absolute atomic E-state index is 0.115. The number of hydrogen-bond donors (Lipinski definition) is 1. The Morgan fingerprint density at radius 1 is 0.921 bits per heavy atom. The summed E-state index contributed by atoms with van der Waals surface area (Å²) in [7, 11) is 0. The summed E-state index contributed by atoms with van der Waals surface area (Å²) < 4.78 is 22.5. The molecule has 1 amide bonds. The maximum Gasteiger partial charge on any atom is 0.255 e. The number of aromatic nitrogens is 1. The van der Waals surface area contributed by atoms with Crippen LogP contribution in [0.1, 0.15) is 105 Å². The van der Waals surface area contributed by atoms with Gasteiger partial charge in [-0.3, -0.25) is 4.79 Å². The molecular formula is C32H44FN2O2S+. The van der Waals surface area contributed by atoms with Gasteiger partial charge in [-0.05, 0) is 30.7 Å². The summed E-state index contributed by atoms with van der Waals surface area (Å²) in [6.45, 7) is 5.47. The average molecular weight is 540 g/mol. The minimum Gasteiger partial charge on any atom is -0.488 e. The standard InChI is InChI=1S/C32H43FN2O2S/c1-3-4-5-6-7-8-9-10-11-12-13-14-22-37-31-29(33)19-16-20-30(31)34-32(36)28-18-15-17-27(24-28)25-35-21-23-38-26(35)2/h15-21,23-24H,3-14,22,25H2,1-2H3/p+1. The minimum atomic E-state index is -0.458. The van der Waals surface area contributed by atoms with Gasteiger partial charge in [-0.25, -0.2) is 4.39 Å². The quantitative estimate of drug-likeness (QED) is 0.130. The summed E-state index contributed by atoms with van der Waals surface area (Å²) in [4.78, 5) is 13.0. The molecule has 0 radical (unpaired) electrons. The van der Waals surface area contributed by atoms with Gasteiger partial charge < -0.3 is 10.1 Å². The van der Waals surface area contributed by atoms with Crippen LogP contribution in [0.25, 0.3) is 0 Å². The maximum absolute atomic E-state index is 14.6. The molecule has 6 heteroatoms. The number of thiazole rings is 1. The first kappa shape index (κ1) is 29.8. The number of hydrogen-bond acceptors (Lipinski definition) is 3. The molecule has 0 aliphatic carbocycles. The fraction of sp³-hybridized carbons (Fsp3) is 0.500. The first-order valence-electron chi connectivity index (χ1n) is 14.3. The molecule has 3 aromatic rings. The van der Waals surface area contributed by atoms with Gasteiger partial charge in [0.05, 0.1) is 17.7 Å². The second kappa shape index (κ2) is 17.0. The molecular weight excluding hydrogens is 495 g/mol. The zero-order chi connectivity index (χ0) is 27.0. The molecule has 1 N–H and O–H groups in total. The smallest absolute Gasteiger partial charge is 0.255 e. The van der Waals surface area contributed by atoms with E-state index in [-0.39, 0.29) is 11.7 Å². The highest BCUT2D eigenvalue weighted by Gasteiger charge is 2.15. The third kappa shape index (κ3) is 10.2. The number of anilines is 1. The van der Waals surface area contributed by atoms with Gasteiger partial charge in [-0.15, -0.1) is 0 Å². The highest BCUT2D eigenvalue weighted by molar-refractivity contribution is 7.09. The van der Waals surface area contributed by atoms with Crippen molar-refractivity contribution in [2.45, 2.75) is 97.4 Å². The van der Waals surface area contributed by atoms with Crippen LogP contribution in [0, 0.1) is 12.7 Å². The number of carbonyl (C=O) groups excluding carboxylic acids is 1. The lowest BCUT2D eigenvalue weighted by Crippen LogP contribution is -2.34. The third-order valence-electron chi connectivity index (χ3n) is 6.89. The predicted molar refractivity (Wildman–Crippen MR) is 156 cm³/mol. The van der Waals surface area contributed by atoms with Crippen molar-refractivity contribution in [2.75, 3.05) is 11.9 Å². The van der Waals surface area contributed by atoms with E-state index >= 15 is 0 Å². The fourth-order valence-corrected chi connectivity index (χ4v) is 5.28. The highest BCUT2D eigenvalue weighted by Crippen LogP contribution is 2.28. The van der Waals surface area contributed by atoms with Gasteiger partial charge in [0.25, 0.3) is 5.91 Å². The zero-order valence-electron chi connectivity index (χ0n) is 23.1. The Kier molecular flexibility index (Phi) is 13.3. The monoisotopic (exact) mass is 539 g/mol. The molecule has 0 bridgehead atoms. The number of nitrogens with one attached hydrogen (secondary N) is 1. The lowest BCUT2D eigenvalue weighted by Gasteiger charge is -2.14. The zero-order valence-corrected chi connectivity index (χ0v) is 24.0. The molecule has 0 saturated carbocycles. The molecule has 1 aromatic heterocycles. The van der Waals surface area contributed by atoms with Crippen LogP contribution in [0.5, 0.6) is 5.75 Å². The van der Waals surface area contributed by atoms with Crippen molar-refractivity contribution in [3.05, 3.63) is 76.0 Å². The largest absolute Gasteiger partial charge is 0.488 e. The Morgan fingerprint density at radius 2 is 1.58 bits per heavy atom. The molecule has 0 aliphatic heterocycles. The van der Waals surface area contributed by atoms with E-state index in [9.17, 15) is 9.18 Å². The summed E-state index contributed by atoms with van der Waals surface area (Å²) in [5.74, 6) is -0.621. The number of benzene rings is 2. The van der Waals surface area contributed by atoms with E-state index in [1.807, 2.05) is 24.4 Å². The molecule has 0 atom stereocenters. The van der Waals surface area contributed by atoms with Gasteiger partial charge in [0.15, 0.2) is 24.3 Å². The number of nitrogens with zero attached hydrogens (tertiary/aromatic N) is 1. The van der Waals surface area contributed by atoms with Crippen LogP contribution < -0.4 is 14.6 Å². The normalized spacial score (nSPS) is 11.0. The van der Waals surface area contributed by atoms with Crippen LogP contribution >= 0.6 is 11.3 Å². The highest BCUT2D eigenvalue weighted by atomic mass is 32.1. The second-order valence-corrected chi connectivity index (χ2v) is 11.2. The first-order chi connectivity index (χ1) is 18.6. The molecule has 0 saturated heterocycles. The van der Waals surface area contributed by atoms with E-state index in [4.69, 9.17) is 4.74 Å². The van der Waals surface area contributed by atoms with Crippen LogP contribution in [-0.2, 0) is 6.54 Å². The maximum atomic E-state index is 14.6. The number of unbranched alkanes of at least 4 members (excludes halogenated alkanes) is 11. The average Bonchev–Trinajstić information content (AvgIpc) is 3.32. The number of ether oxygens (including phenoxy) is 1. The summed E-state index contributed by atoms with van der Waals surface area (Å²) in [6, 6.07) is 12.2. The van der Waals surface area contributed by atoms with E-state index in [1.165, 1.54) is 75.3 Å². The van der Waals surface area contributed by atoms with Gasteiger partial charge in [0.2, 0.25) is 5.01 Å². The Labute approximate surface area is 232 Å². The molecule has 0 fully saturated rings. The summed E-state index contributed by atoms with van der Waals surface area (Å²) in [5, 5.41) is 6.11. The predicted octanol–water partition coefficient (Wildman–Crippen LogP) is 8.86. The summed E-state index contributed by atoms with van der Waals surface area (Å²) in [5.41, 5.74) is 1.93. The fourth-order valence-electron chi connectivity index (χ4n) is 4.61. The van der Waals surface area contributed by atoms with Gasteiger partial charge in [-0.2, -0.15) is 4.57 Å². The molecule has 38 heavy (non-hydrogen) atoms. The molecule has 1 heterocycles. The summed E-state index contributed by atoms with van der Waals surface area (Å²) in [6.07, 6.45) is 17.2. The van der Waals surface area contributed by atoms with E-state index < -0.39 is 5.82 Å². The van der Waals surface area contributed by atoms with Gasteiger partial charge in [0.1, 0.15) is 0 Å². The van der Waals surface area contributed by atoms with Crippen LogP contribution in [0.15, 0.2) is 54.0 Å². The van der Waals surface area contributed by atoms with E-state index in [0.29, 0.717) is 24.4 Å². The SMILES string of the molecule is CCCCCCCCCCCCCCOc1c(F)cccc1NC(=O)c1cccc(C[n+]2ccsc2C)c1. The molecule has 0 spiro atoms.